The fraction of sp³-hybridized carbons (Fsp3) is 0.294. The third kappa shape index (κ3) is 4.02. The highest BCUT2D eigenvalue weighted by molar-refractivity contribution is 7.80. The molecule has 0 amide bonds. The van der Waals surface area contributed by atoms with E-state index in [1.54, 1.807) is 0 Å². The summed E-state index contributed by atoms with van der Waals surface area (Å²) in [7, 11) is 0. The van der Waals surface area contributed by atoms with E-state index in [1.807, 2.05) is 43.3 Å². The highest BCUT2D eigenvalue weighted by Gasteiger charge is 2.06. The van der Waals surface area contributed by atoms with Gasteiger partial charge in [0.2, 0.25) is 0 Å². The second-order valence-electron chi connectivity index (χ2n) is 5.42. The van der Waals surface area contributed by atoms with Crippen LogP contribution in [0, 0.1) is 12.8 Å². The lowest BCUT2D eigenvalue weighted by molar-refractivity contribution is 0.271. The van der Waals surface area contributed by atoms with Crippen molar-refractivity contribution in [3.8, 4) is 17.0 Å². The van der Waals surface area contributed by atoms with Gasteiger partial charge in [0.05, 0.1) is 12.3 Å². The van der Waals surface area contributed by atoms with Gasteiger partial charge in [0.25, 0.3) is 0 Å². The zero-order valence-electron chi connectivity index (χ0n) is 12.6. The number of thiocarbonyl (C=S) groups is 1. The maximum absolute atomic E-state index is 5.68. The molecule has 0 aliphatic rings. The molecular weight excluding hydrogens is 280 g/mol. The van der Waals surface area contributed by atoms with E-state index in [1.165, 1.54) is 0 Å². The summed E-state index contributed by atoms with van der Waals surface area (Å²) < 4.78 is 5.68. The van der Waals surface area contributed by atoms with Crippen LogP contribution in [0.25, 0.3) is 11.3 Å². The van der Waals surface area contributed by atoms with Crippen molar-refractivity contribution < 1.29 is 4.74 Å². The summed E-state index contributed by atoms with van der Waals surface area (Å²) in [5, 5.41) is 0. The van der Waals surface area contributed by atoms with E-state index in [0.717, 1.165) is 34.9 Å². The van der Waals surface area contributed by atoms with E-state index in [0.29, 0.717) is 10.9 Å². The Morgan fingerprint density at radius 1 is 1.19 bits per heavy atom. The second-order valence-corrected chi connectivity index (χ2v) is 5.86. The van der Waals surface area contributed by atoms with Gasteiger partial charge in [-0.1, -0.05) is 26.1 Å². The molecule has 4 heteroatoms. The molecule has 21 heavy (non-hydrogen) atoms. The van der Waals surface area contributed by atoms with Crippen LogP contribution in [0.2, 0.25) is 0 Å². The van der Waals surface area contributed by atoms with Crippen LogP contribution >= 0.6 is 12.2 Å². The molecule has 0 fully saturated rings. The average molecular weight is 300 g/mol. The third-order valence-electron chi connectivity index (χ3n) is 3.08. The number of hydrogen-bond donors (Lipinski definition) is 1. The van der Waals surface area contributed by atoms with Crippen molar-refractivity contribution in [2.45, 2.75) is 20.8 Å². The SMILES string of the molecule is Cc1nc(-c2ccc(OCC(C)C)cc2)ccc1C(N)=S. The Labute approximate surface area is 131 Å². The standard InChI is InChI=1S/C17H20N2OS/c1-11(2)10-20-14-6-4-13(5-7-14)16-9-8-15(17(18)21)12(3)19-16/h4-9,11H,10H2,1-3H3,(H2,18,21). The van der Waals surface area contributed by atoms with Crippen LogP contribution in [0.1, 0.15) is 25.1 Å². The van der Waals surface area contributed by atoms with Gasteiger partial charge in [-0.05, 0) is 49.2 Å². The number of aryl methyl sites for hydroxylation is 1. The summed E-state index contributed by atoms with van der Waals surface area (Å²) in [4.78, 5) is 4.94. The maximum Gasteiger partial charge on any atom is 0.119 e. The van der Waals surface area contributed by atoms with Gasteiger partial charge in [-0.2, -0.15) is 0 Å². The summed E-state index contributed by atoms with van der Waals surface area (Å²) in [6, 6.07) is 11.8. The number of rotatable bonds is 5. The number of nitrogens with two attached hydrogens (primary N) is 1. The molecule has 2 aromatic rings. The Morgan fingerprint density at radius 3 is 2.38 bits per heavy atom. The first-order chi connectivity index (χ1) is 9.97. The lowest BCUT2D eigenvalue weighted by Gasteiger charge is -2.10. The van der Waals surface area contributed by atoms with Crippen molar-refractivity contribution >= 4 is 17.2 Å². The molecule has 0 spiro atoms. The molecule has 1 aromatic carbocycles. The van der Waals surface area contributed by atoms with Crippen LogP contribution < -0.4 is 10.5 Å². The van der Waals surface area contributed by atoms with E-state index in [4.69, 9.17) is 22.7 Å². The summed E-state index contributed by atoms with van der Waals surface area (Å²) in [6.45, 7) is 6.90. The largest absolute Gasteiger partial charge is 0.493 e. The van der Waals surface area contributed by atoms with Gasteiger partial charge in [0.15, 0.2) is 0 Å². The van der Waals surface area contributed by atoms with Crippen LogP contribution in [0.15, 0.2) is 36.4 Å². The van der Waals surface area contributed by atoms with Gasteiger partial charge in [-0.25, -0.2) is 0 Å². The molecule has 3 nitrogen and oxygen atoms in total. The Balaban J connectivity index is 2.19. The van der Waals surface area contributed by atoms with Gasteiger partial charge < -0.3 is 10.5 Å². The first-order valence-corrected chi connectivity index (χ1v) is 7.39. The quantitative estimate of drug-likeness (QED) is 0.855. The van der Waals surface area contributed by atoms with E-state index >= 15 is 0 Å². The number of benzene rings is 1. The maximum atomic E-state index is 5.68. The molecule has 0 bridgehead atoms. The third-order valence-corrected chi connectivity index (χ3v) is 3.30. The first-order valence-electron chi connectivity index (χ1n) is 6.98. The normalized spacial score (nSPS) is 10.7. The minimum absolute atomic E-state index is 0.379. The van der Waals surface area contributed by atoms with Gasteiger partial charge in [0.1, 0.15) is 10.7 Å². The summed E-state index contributed by atoms with van der Waals surface area (Å²) in [5.41, 5.74) is 9.28. The number of ether oxygens (including phenoxy) is 1. The number of hydrogen-bond acceptors (Lipinski definition) is 3. The van der Waals surface area contributed by atoms with Crippen molar-refractivity contribution in [3.63, 3.8) is 0 Å². The highest BCUT2D eigenvalue weighted by atomic mass is 32.1. The molecule has 0 aliphatic carbocycles. The lowest BCUT2D eigenvalue weighted by Crippen LogP contribution is -2.12. The predicted molar refractivity (Wildman–Crippen MR) is 90.6 cm³/mol. The molecule has 110 valence electrons. The summed E-state index contributed by atoms with van der Waals surface area (Å²) >= 11 is 5.00. The summed E-state index contributed by atoms with van der Waals surface area (Å²) in [6.07, 6.45) is 0. The van der Waals surface area contributed by atoms with Crippen LogP contribution in [-0.2, 0) is 0 Å². The number of pyridine rings is 1. The van der Waals surface area contributed by atoms with Crippen molar-refractivity contribution in [1.82, 2.24) is 4.98 Å². The van der Waals surface area contributed by atoms with E-state index in [2.05, 4.69) is 18.8 Å². The number of aromatic nitrogens is 1. The van der Waals surface area contributed by atoms with Gasteiger partial charge in [0, 0.05) is 16.8 Å². The molecule has 0 saturated heterocycles. The topological polar surface area (TPSA) is 48.1 Å². The molecule has 0 atom stereocenters. The Kier molecular flexibility index (Phi) is 4.91. The zero-order chi connectivity index (χ0) is 15.4. The van der Waals surface area contributed by atoms with Crippen LogP contribution in [-0.4, -0.2) is 16.6 Å². The molecule has 2 rings (SSSR count). The molecule has 2 N–H and O–H groups in total. The fourth-order valence-electron chi connectivity index (χ4n) is 1.97. The van der Waals surface area contributed by atoms with Crippen LogP contribution in [0.3, 0.4) is 0 Å². The molecule has 0 unspecified atom stereocenters. The number of nitrogens with zero attached hydrogens (tertiary/aromatic N) is 1. The van der Waals surface area contributed by atoms with Crippen molar-refractivity contribution in [2.75, 3.05) is 6.61 Å². The van der Waals surface area contributed by atoms with Gasteiger partial charge >= 0.3 is 0 Å². The molecule has 0 radical (unpaired) electrons. The Hall–Kier alpha value is -1.94. The first kappa shape index (κ1) is 15.4. The monoisotopic (exact) mass is 300 g/mol. The Morgan fingerprint density at radius 2 is 1.86 bits per heavy atom. The molecule has 0 aliphatic heterocycles. The molecule has 1 heterocycles. The van der Waals surface area contributed by atoms with Gasteiger partial charge in [-0.3, -0.25) is 4.98 Å². The van der Waals surface area contributed by atoms with Crippen molar-refractivity contribution in [1.29, 1.82) is 0 Å². The van der Waals surface area contributed by atoms with E-state index in [-0.39, 0.29) is 0 Å². The smallest absolute Gasteiger partial charge is 0.119 e. The Bertz CT molecular complexity index is 636. The van der Waals surface area contributed by atoms with E-state index in [9.17, 15) is 0 Å². The fourth-order valence-corrected chi connectivity index (χ4v) is 2.18. The van der Waals surface area contributed by atoms with Crippen LogP contribution in [0.5, 0.6) is 5.75 Å². The second kappa shape index (κ2) is 6.68. The van der Waals surface area contributed by atoms with Crippen molar-refractivity contribution in [3.05, 3.63) is 47.7 Å². The van der Waals surface area contributed by atoms with Crippen LogP contribution in [0.4, 0.5) is 0 Å². The average Bonchev–Trinajstić information content (AvgIpc) is 2.45. The molecular formula is C17H20N2OS. The van der Waals surface area contributed by atoms with Gasteiger partial charge in [-0.15, -0.1) is 0 Å². The zero-order valence-corrected chi connectivity index (χ0v) is 13.4. The minimum atomic E-state index is 0.379. The highest BCUT2D eigenvalue weighted by Crippen LogP contribution is 2.22. The van der Waals surface area contributed by atoms with Crippen molar-refractivity contribution in [2.24, 2.45) is 11.7 Å². The van der Waals surface area contributed by atoms with E-state index < -0.39 is 0 Å². The summed E-state index contributed by atoms with van der Waals surface area (Å²) in [5.74, 6) is 1.39. The molecule has 0 saturated carbocycles. The minimum Gasteiger partial charge on any atom is -0.493 e. The molecule has 1 aromatic heterocycles. The predicted octanol–water partition coefficient (Wildman–Crippen LogP) is 3.73. The lowest BCUT2D eigenvalue weighted by atomic mass is 10.1.